The molecule has 3 heteroatoms. The molecule has 2 aliphatic rings. The summed E-state index contributed by atoms with van der Waals surface area (Å²) >= 11 is 0. The molecule has 3 rings (SSSR count). The molecule has 84 valence electrons. The predicted octanol–water partition coefficient (Wildman–Crippen LogP) is 2.23. The van der Waals surface area contributed by atoms with Crippen LogP contribution in [-0.2, 0) is 0 Å². The first kappa shape index (κ1) is 9.97. The van der Waals surface area contributed by atoms with E-state index in [0.29, 0.717) is 11.8 Å². The van der Waals surface area contributed by atoms with Crippen molar-refractivity contribution in [3.8, 4) is 0 Å². The zero-order chi connectivity index (χ0) is 11.0. The van der Waals surface area contributed by atoms with Crippen molar-refractivity contribution in [2.45, 2.75) is 12.8 Å². The number of aromatic nitrogens is 1. The van der Waals surface area contributed by atoms with Gasteiger partial charge in [-0.3, -0.25) is 4.98 Å². The number of rotatable bonds is 1. The van der Waals surface area contributed by atoms with Crippen molar-refractivity contribution in [3.63, 3.8) is 0 Å². The standard InChI is InChI=1S/C13H15FN2/c14-13-4-12(7-16-8-13)11-2-9-1-10(3-11)6-15-5-9/h2,4,7-10,15H,1,3,5-6H2/t9-,10+/m1/s1. The van der Waals surface area contributed by atoms with Gasteiger partial charge in [-0.2, -0.15) is 0 Å². The average molecular weight is 218 g/mol. The minimum atomic E-state index is -0.243. The van der Waals surface area contributed by atoms with Gasteiger partial charge in [0.05, 0.1) is 6.20 Å². The first-order valence-corrected chi connectivity index (χ1v) is 5.83. The molecule has 0 aromatic carbocycles. The molecule has 2 atom stereocenters. The fourth-order valence-corrected chi connectivity index (χ4v) is 2.82. The first-order valence-electron chi connectivity index (χ1n) is 5.83. The molecule has 0 saturated carbocycles. The molecule has 1 fully saturated rings. The van der Waals surface area contributed by atoms with E-state index in [0.717, 1.165) is 25.1 Å². The van der Waals surface area contributed by atoms with E-state index in [9.17, 15) is 4.39 Å². The van der Waals surface area contributed by atoms with Crippen LogP contribution in [0.3, 0.4) is 0 Å². The number of nitrogens with one attached hydrogen (secondary N) is 1. The van der Waals surface area contributed by atoms with Gasteiger partial charge in [0.1, 0.15) is 5.82 Å². The van der Waals surface area contributed by atoms with Crippen molar-refractivity contribution >= 4 is 5.57 Å². The summed E-state index contributed by atoms with van der Waals surface area (Å²) in [6.07, 6.45) is 7.64. The lowest BCUT2D eigenvalue weighted by atomic mass is 9.78. The summed E-state index contributed by atoms with van der Waals surface area (Å²) in [6.45, 7) is 2.15. The molecule has 2 nitrogen and oxygen atoms in total. The lowest BCUT2D eigenvalue weighted by Gasteiger charge is -2.34. The summed E-state index contributed by atoms with van der Waals surface area (Å²) in [5.41, 5.74) is 2.23. The van der Waals surface area contributed by atoms with Crippen molar-refractivity contribution in [2.24, 2.45) is 11.8 Å². The van der Waals surface area contributed by atoms with Gasteiger partial charge in [-0.15, -0.1) is 0 Å². The number of allylic oxidation sites excluding steroid dienone is 1. The van der Waals surface area contributed by atoms with Crippen molar-refractivity contribution < 1.29 is 4.39 Å². The summed E-state index contributed by atoms with van der Waals surface area (Å²) in [4.78, 5) is 3.92. The minimum Gasteiger partial charge on any atom is -0.316 e. The van der Waals surface area contributed by atoms with Gasteiger partial charge in [-0.25, -0.2) is 4.39 Å². The number of fused-ring (bicyclic) bond motifs is 2. The Morgan fingerprint density at radius 2 is 2.25 bits per heavy atom. The molecule has 0 radical (unpaired) electrons. The molecule has 1 aliphatic carbocycles. The van der Waals surface area contributed by atoms with Gasteiger partial charge >= 0.3 is 0 Å². The van der Waals surface area contributed by atoms with Crippen molar-refractivity contribution in [1.82, 2.24) is 10.3 Å². The van der Waals surface area contributed by atoms with E-state index in [1.54, 1.807) is 12.3 Å². The second kappa shape index (κ2) is 3.98. The van der Waals surface area contributed by atoms with Crippen LogP contribution in [0.25, 0.3) is 5.57 Å². The predicted molar refractivity (Wildman–Crippen MR) is 61.3 cm³/mol. The Morgan fingerprint density at radius 3 is 3.06 bits per heavy atom. The van der Waals surface area contributed by atoms with E-state index >= 15 is 0 Å². The first-order chi connectivity index (χ1) is 7.81. The highest BCUT2D eigenvalue weighted by atomic mass is 19.1. The van der Waals surface area contributed by atoms with Crippen molar-refractivity contribution in [3.05, 3.63) is 35.9 Å². The maximum atomic E-state index is 13.1. The molecule has 0 spiro atoms. The Hall–Kier alpha value is -1.22. The van der Waals surface area contributed by atoms with Gasteiger partial charge in [0.25, 0.3) is 0 Å². The molecule has 1 N–H and O–H groups in total. The third-order valence-electron chi connectivity index (χ3n) is 3.50. The highest BCUT2D eigenvalue weighted by molar-refractivity contribution is 5.66. The number of hydrogen-bond acceptors (Lipinski definition) is 2. The van der Waals surface area contributed by atoms with Crippen LogP contribution < -0.4 is 5.32 Å². The number of nitrogens with zero attached hydrogens (tertiary/aromatic N) is 1. The molecule has 1 saturated heterocycles. The molecule has 1 aliphatic heterocycles. The lowest BCUT2D eigenvalue weighted by Crippen LogP contribution is -2.37. The van der Waals surface area contributed by atoms with Crippen molar-refractivity contribution in [1.29, 1.82) is 0 Å². The van der Waals surface area contributed by atoms with Crippen LogP contribution in [0.15, 0.2) is 24.5 Å². The smallest absolute Gasteiger partial charge is 0.142 e. The number of piperidine rings is 1. The van der Waals surface area contributed by atoms with Gasteiger partial charge in [0.15, 0.2) is 0 Å². The van der Waals surface area contributed by atoms with Crippen LogP contribution >= 0.6 is 0 Å². The van der Waals surface area contributed by atoms with Gasteiger partial charge in [0, 0.05) is 12.7 Å². The highest BCUT2D eigenvalue weighted by Gasteiger charge is 2.26. The molecule has 1 aromatic rings. The number of halogens is 1. The molecule has 1 aromatic heterocycles. The van der Waals surface area contributed by atoms with Gasteiger partial charge < -0.3 is 5.32 Å². The Bertz CT molecular complexity index is 428. The Kier molecular flexibility index (Phi) is 2.48. The molecular weight excluding hydrogens is 203 g/mol. The average Bonchev–Trinajstić information content (AvgIpc) is 2.28. The monoisotopic (exact) mass is 218 g/mol. The summed E-state index contributed by atoms with van der Waals surface area (Å²) in [6, 6.07) is 1.59. The molecular formula is C13H15FN2. The Balaban J connectivity index is 1.92. The lowest BCUT2D eigenvalue weighted by molar-refractivity contribution is 0.316. The molecule has 16 heavy (non-hydrogen) atoms. The quantitative estimate of drug-likeness (QED) is 0.782. The summed E-state index contributed by atoms with van der Waals surface area (Å²) < 4.78 is 13.1. The molecule has 0 amide bonds. The number of hydrogen-bond donors (Lipinski definition) is 1. The van der Waals surface area contributed by atoms with Crippen LogP contribution in [0.4, 0.5) is 4.39 Å². The zero-order valence-corrected chi connectivity index (χ0v) is 9.12. The van der Waals surface area contributed by atoms with Gasteiger partial charge in [0.2, 0.25) is 0 Å². The van der Waals surface area contributed by atoms with Crippen LogP contribution in [0.2, 0.25) is 0 Å². The molecule has 2 bridgehead atoms. The van der Waals surface area contributed by atoms with Gasteiger partial charge in [-0.1, -0.05) is 6.08 Å². The Labute approximate surface area is 94.6 Å². The Morgan fingerprint density at radius 1 is 1.31 bits per heavy atom. The fraction of sp³-hybridized carbons (Fsp3) is 0.462. The minimum absolute atomic E-state index is 0.243. The van der Waals surface area contributed by atoms with Crippen LogP contribution in [0.1, 0.15) is 18.4 Å². The van der Waals surface area contributed by atoms with E-state index in [-0.39, 0.29) is 5.82 Å². The maximum Gasteiger partial charge on any atom is 0.142 e. The second-order valence-electron chi connectivity index (χ2n) is 4.81. The van der Waals surface area contributed by atoms with E-state index in [2.05, 4.69) is 16.4 Å². The van der Waals surface area contributed by atoms with Crippen LogP contribution in [0, 0.1) is 17.7 Å². The summed E-state index contributed by atoms with van der Waals surface area (Å²) in [7, 11) is 0. The van der Waals surface area contributed by atoms with Crippen molar-refractivity contribution in [2.75, 3.05) is 13.1 Å². The van der Waals surface area contributed by atoms with Crippen LogP contribution in [-0.4, -0.2) is 18.1 Å². The van der Waals surface area contributed by atoms with E-state index < -0.39 is 0 Å². The third-order valence-corrected chi connectivity index (χ3v) is 3.50. The van der Waals surface area contributed by atoms with E-state index in [4.69, 9.17) is 0 Å². The van der Waals surface area contributed by atoms with Crippen LogP contribution in [0.5, 0.6) is 0 Å². The second-order valence-corrected chi connectivity index (χ2v) is 4.81. The molecule has 2 heterocycles. The summed E-state index contributed by atoms with van der Waals surface area (Å²) in [5.74, 6) is 1.08. The van der Waals surface area contributed by atoms with Gasteiger partial charge in [-0.05, 0) is 48.4 Å². The zero-order valence-electron chi connectivity index (χ0n) is 9.12. The van der Waals surface area contributed by atoms with E-state index in [1.165, 1.54) is 18.2 Å². The summed E-state index contributed by atoms with van der Waals surface area (Å²) in [5, 5.41) is 3.44. The largest absolute Gasteiger partial charge is 0.316 e. The number of pyridine rings is 1. The fourth-order valence-electron chi connectivity index (χ4n) is 2.82. The SMILES string of the molecule is Fc1cncc(C2=C[C@@H]3CNC[C@H](C2)C3)c1. The normalized spacial score (nSPS) is 28.7. The van der Waals surface area contributed by atoms with E-state index in [1.807, 2.05) is 0 Å². The molecule has 0 unspecified atom stereocenters. The topological polar surface area (TPSA) is 24.9 Å². The third kappa shape index (κ3) is 1.87. The highest BCUT2D eigenvalue weighted by Crippen LogP contribution is 2.35. The maximum absolute atomic E-state index is 13.1.